The number of furan rings is 1. The quantitative estimate of drug-likeness (QED) is 0.169. The molecule has 3 heterocycles. The lowest BCUT2D eigenvalue weighted by Gasteiger charge is -2.27. The maximum Gasteiger partial charge on any atom is 0.338 e. The van der Waals surface area contributed by atoms with Gasteiger partial charge in [0.15, 0.2) is 16.3 Å². The molecule has 1 aliphatic heterocycles. The van der Waals surface area contributed by atoms with E-state index in [2.05, 4.69) is 4.99 Å². The van der Waals surface area contributed by atoms with Crippen LogP contribution in [0.15, 0.2) is 74.0 Å². The van der Waals surface area contributed by atoms with Gasteiger partial charge >= 0.3 is 5.97 Å². The van der Waals surface area contributed by atoms with Crippen LogP contribution in [-0.2, 0) is 14.3 Å². The normalized spacial score (nSPS) is 14.8. The van der Waals surface area contributed by atoms with Gasteiger partial charge in [-0.15, -0.1) is 0 Å². The summed E-state index contributed by atoms with van der Waals surface area (Å²) >= 11 is 13.7. The van der Waals surface area contributed by atoms with Gasteiger partial charge in [0.05, 0.1) is 41.1 Å². The molecule has 0 bridgehead atoms. The van der Waals surface area contributed by atoms with Crippen LogP contribution in [0.2, 0.25) is 10.0 Å². The van der Waals surface area contributed by atoms with E-state index in [9.17, 15) is 9.59 Å². The molecule has 0 fully saturated rings. The van der Waals surface area contributed by atoms with E-state index < -0.39 is 12.0 Å². The highest BCUT2D eigenvalue weighted by Gasteiger charge is 2.36. The monoisotopic (exact) mass is 642 g/mol. The second-order valence-corrected chi connectivity index (χ2v) is 11.2. The first kappa shape index (κ1) is 30.6. The fourth-order valence-corrected chi connectivity index (χ4v) is 6.18. The third-order valence-corrected chi connectivity index (χ3v) is 8.22. The number of halogens is 2. The highest BCUT2D eigenvalue weighted by Crippen LogP contribution is 2.41. The van der Waals surface area contributed by atoms with Gasteiger partial charge in [0, 0.05) is 29.3 Å². The highest BCUT2D eigenvalue weighted by atomic mass is 35.5. The fraction of sp³-hybridized carbons (Fsp3) is 0.258. The average Bonchev–Trinajstić information content (AvgIpc) is 3.58. The Morgan fingerprint density at radius 3 is 2.70 bits per heavy atom. The summed E-state index contributed by atoms with van der Waals surface area (Å²) in [6.45, 7) is 4.15. The van der Waals surface area contributed by atoms with Crippen LogP contribution in [0.25, 0.3) is 17.4 Å². The molecule has 0 aliphatic carbocycles. The van der Waals surface area contributed by atoms with Gasteiger partial charge in [-0.3, -0.25) is 9.36 Å². The molecule has 2 aromatic carbocycles. The summed E-state index contributed by atoms with van der Waals surface area (Å²) in [5, 5.41) is 0.995. The number of ether oxygens (including phenoxy) is 4. The number of benzene rings is 2. The van der Waals surface area contributed by atoms with Crippen LogP contribution in [-0.4, -0.2) is 44.6 Å². The molecule has 1 atom stereocenters. The van der Waals surface area contributed by atoms with Crippen LogP contribution in [0.3, 0.4) is 0 Å². The number of thiazole rings is 1. The van der Waals surface area contributed by atoms with E-state index in [1.165, 1.54) is 30.1 Å². The molecule has 12 heteroatoms. The summed E-state index contributed by atoms with van der Waals surface area (Å²) in [7, 11) is 3.05. The summed E-state index contributed by atoms with van der Waals surface area (Å²) in [5.41, 5.74) is 1.44. The van der Waals surface area contributed by atoms with Gasteiger partial charge in [-0.25, -0.2) is 9.79 Å². The minimum atomic E-state index is -0.900. The summed E-state index contributed by atoms with van der Waals surface area (Å²) in [6, 6.07) is 13.0. The Kier molecular flexibility index (Phi) is 9.41. The van der Waals surface area contributed by atoms with Crippen LogP contribution in [0.1, 0.15) is 31.2 Å². The van der Waals surface area contributed by atoms with E-state index in [1.54, 1.807) is 61.5 Å². The standard InChI is InChI=1S/C31H28Cl2N2O7S/c1-5-40-28-20(7-6-8-24(28)39-4)27-26(30(37)41-14-13-38-3)17(2)34-31-35(27)29(36)25(43-31)16-19-10-12-23(42-19)21-15-18(32)9-11-22(21)33/h6-12,15-16,27H,5,13-14H2,1-4H3/b25-16+/t27-/m0/s1. The van der Waals surface area contributed by atoms with E-state index in [-0.39, 0.29) is 24.3 Å². The number of nitrogens with zero attached hydrogens (tertiary/aromatic N) is 2. The first-order valence-corrected chi connectivity index (χ1v) is 14.9. The zero-order valence-corrected chi connectivity index (χ0v) is 26.1. The van der Waals surface area contributed by atoms with Crippen LogP contribution in [0.4, 0.5) is 0 Å². The number of esters is 1. The third kappa shape index (κ3) is 6.14. The van der Waals surface area contributed by atoms with Crippen molar-refractivity contribution >= 4 is 46.6 Å². The van der Waals surface area contributed by atoms with Crippen molar-refractivity contribution in [1.82, 2.24) is 4.57 Å². The van der Waals surface area contributed by atoms with Crippen LogP contribution >= 0.6 is 34.5 Å². The number of carbonyl (C=O) groups excluding carboxylic acids is 1. The Labute approximate surface area is 261 Å². The number of methoxy groups -OCH3 is 2. The second-order valence-electron chi connectivity index (χ2n) is 9.35. The van der Waals surface area contributed by atoms with Crippen molar-refractivity contribution in [3.63, 3.8) is 0 Å². The smallest absolute Gasteiger partial charge is 0.338 e. The third-order valence-electron chi connectivity index (χ3n) is 6.67. The van der Waals surface area contributed by atoms with Gasteiger partial charge in [-0.05, 0) is 50.2 Å². The number of rotatable bonds is 10. The molecule has 2 aromatic heterocycles. The Bertz CT molecular complexity index is 1890. The van der Waals surface area contributed by atoms with Crippen molar-refractivity contribution in [1.29, 1.82) is 0 Å². The number of hydrogen-bond acceptors (Lipinski definition) is 9. The van der Waals surface area contributed by atoms with Crippen LogP contribution in [0, 0.1) is 0 Å². The number of aromatic nitrogens is 1. The van der Waals surface area contributed by atoms with Gasteiger partial charge in [-0.2, -0.15) is 0 Å². The van der Waals surface area contributed by atoms with Gasteiger partial charge in [-0.1, -0.05) is 46.7 Å². The van der Waals surface area contributed by atoms with E-state index in [4.69, 9.17) is 46.6 Å². The average molecular weight is 644 g/mol. The van der Waals surface area contributed by atoms with Crippen molar-refractivity contribution in [2.24, 2.45) is 4.99 Å². The van der Waals surface area contributed by atoms with Crippen LogP contribution < -0.4 is 24.4 Å². The molecule has 4 aromatic rings. The molecule has 43 heavy (non-hydrogen) atoms. The molecular weight excluding hydrogens is 615 g/mol. The Hall–Kier alpha value is -3.83. The molecule has 1 aliphatic rings. The zero-order chi connectivity index (χ0) is 30.7. The van der Waals surface area contributed by atoms with Crippen LogP contribution in [0.5, 0.6) is 11.5 Å². The number of allylic oxidation sites excluding steroid dienone is 1. The van der Waals surface area contributed by atoms with Crippen molar-refractivity contribution in [3.05, 3.63) is 101 Å². The number of hydrogen-bond donors (Lipinski definition) is 0. The molecule has 0 saturated carbocycles. The largest absolute Gasteiger partial charge is 0.493 e. The van der Waals surface area contributed by atoms with Gasteiger partial charge in [0.25, 0.3) is 5.56 Å². The summed E-state index contributed by atoms with van der Waals surface area (Å²) in [6.07, 6.45) is 1.63. The first-order chi connectivity index (χ1) is 20.8. The maximum absolute atomic E-state index is 14.1. The predicted octanol–water partition coefficient (Wildman–Crippen LogP) is 5.40. The first-order valence-electron chi connectivity index (χ1n) is 13.3. The van der Waals surface area contributed by atoms with E-state index in [0.29, 0.717) is 65.8 Å². The Balaban J connectivity index is 1.67. The van der Waals surface area contributed by atoms with Gasteiger partial charge < -0.3 is 23.4 Å². The molecule has 9 nitrogen and oxygen atoms in total. The molecule has 0 radical (unpaired) electrons. The summed E-state index contributed by atoms with van der Waals surface area (Å²) in [4.78, 5) is 32.6. The minimum absolute atomic E-state index is 0.0388. The molecule has 0 spiro atoms. The lowest BCUT2D eigenvalue weighted by molar-refractivity contribution is -0.140. The molecule has 0 amide bonds. The second kappa shape index (κ2) is 13.2. The van der Waals surface area contributed by atoms with Crippen molar-refractivity contribution in [3.8, 4) is 22.8 Å². The predicted molar refractivity (Wildman–Crippen MR) is 165 cm³/mol. The van der Waals surface area contributed by atoms with Gasteiger partial charge in [0.2, 0.25) is 0 Å². The zero-order valence-electron chi connectivity index (χ0n) is 23.8. The molecule has 0 N–H and O–H groups in total. The number of carbonyl (C=O) groups is 1. The summed E-state index contributed by atoms with van der Waals surface area (Å²) < 4.78 is 30.0. The minimum Gasteiger partial charge on any atom is -0.493 e. The molecule has 224 valence electrons. The molecular formula is C31H28Cl2N2O7S. The van der Waals surface area contributed by atoms with E-state index in [0.717, 1.165) is 0 Å². The van der Waals surface area contributed by atoms with Crippen molar-refractivity contribution in [2.45, 2.75) is 19.9 Å². The number of para-hydroxylation sites is 1. The molecule has 5 rings (SSSR count). The lowest BCUT2D eigenvalue weighted by atomic mass is 9.94. The van der Waals surface area contributed by atoms with E-state index in [1.807, 2.05) is 6.92 Å². The SMILES string of the molecule is CCOc1c(OC)cccc1[C@H]1C(C(=O)OCCOC)=C(C)N=c2s/c(=C/c3ccc(-c4cc(Cl)ccc4Cl)o3)c(=O)n21. The molecule has 0 saturated heterocycles. The number of fused-ring (bicyclic) bond motifs is 1. The Morgan fingerprint density at radius 1 is 1.14 bits per heavy atom. The lowest BCUT2D eigenvalue weighted by Crippen LogP contribution is -2.40. The fourth-order valence-electron chi connectivity index (χ4n) is 4.77. The summed E-state index contributed by atoms with van der Waals surface area (Å²) in [5.74, 6) is 1.19. The highest BCUT2D eigenvalue weighted by molar-refractivity contribution is 7.07. The Morgan fingerprint density at radius 2 is 1.95 bits per heavy atom. The van der Waals surface area contributed by atoms with Gasteiger partial charge in [0.1, 0.15) is 24.2 Å². The van der Waals surface area contributed by atoms with E-state index >= 15 is 0 Å². The van der Waals surface area contributed by atoms with Crippen molar-refractivity contribution in [2.75, 3.05) is 34.0 Å². The van der Waals surface area contributed by atoms with Crippen molar-refractivity contribution < 1.29 is 28.2 Å². The molecule has 0 unspecified atom stereocenters. The topological polar surface area (TPSA) is 101 Å². The maximum atomic E-state index is 14.1.